The molecule has 12 nitrogen and oxygen atoms in total. The highest BCUT2D eigenvalue weighted by Crippen LogP contribution is 2.56. The summed E-state index contributed by atoms with van der Waals surface area (Å²) in [4.78, 5) is 22.2. The van der Waals surface area contributed by atoms with Gasteiger partial charge in [0.1, 0.15) is 0 Å². The monoisotopic (exact) mass is 702 g/mol. The van der Waals surface area contributed by atoms with E-state index < -0.39 is 50.0 Å². The molecular formula is C33H52O12P2. The summed E-state index contributed by atoms with van der Waals surface area (Å²) in [7, 11) is -6.21. The summed E-state index contributed by atoms with van der Waals surface area (Å²) in [5.74, 6) is -1.42. The van der Waals surface area contributed by atoms with Gasteiger partial charge in [-0.3, -0.25) is 27.1 Å². The van der Waals surface area contributed by atoms with Crippen LogP contribution in [0.4, 0.5) is 0 Å². The fourth-order valence-corrected chi connectivity index (χ4v) is 6.97. The summed E-state index contributed by atoms with van der Waals surface area (Å²) in [6, 6.07) is 12.7. The number of carboxylic acids is 1. The Labute approximate surface area is 279 Å². The molecule has 2 rings (SSSR count). The first-order valence-corrected chi connectivity index (χ1v) is 17.9. The molecule has 0 unspecified atom stereocenters. The molecule has 47 heavy (non-hydrogen) atoms. The number of carboxylic acid groups (broad SMARTS) is 1. The molecule has 0 aliphatic rings. The molecule has 2 aromatic carbocycles. The van der Waals surface area contributed by atoms with E-state index in [2.05, 4.69) is 4.74 Å². The highest BCUT2D eigenvalue weighted by atomic mass is 31.2. The Morgan fingerprint density at radius 2 is 0.830 bits per heavy atom. The first-order chi connectivity index (χ1) is 21.1. The molecule has 0 aromatic heterocycles. The molecule has 0 bridgehead atoms. The molecular weight excluding hydrogens is 650 g/mol. The molecule has 266 valence electrons. The Morgan fingerprint density at radius 1 is 0.553 bits per heavy atom. The average Bonchev–Trinajstić information content (AvgIpc) is 2.87. The standard InChI is InChI=1S/C17H27O6P.C16H25O6P/c1-16(2,3)22-24(19,23-17(4,5)6)21-12-13-8-10-14(11-9-13)15(18)20-7;1-15(2,3)21-23(19,22-16(4,5)6)20-11-12-7-9-13(10-8-12)14(17)18/h8-11H,12H2,1-7H3;7-10H,11H2,1-6H3,(H,17,18). The van der Waals surface area contributed by atoms with Crippen molar-refractivity contribution in [1.29, 1.82) is 0 Å². The number of hydrogen-bond donors (Lipinski definition) is 1. The first kappa shape index (κ1) is 42.6. The van der Waals surface area contributed by atoms with Gasteiger partial charge in [-0.1, -0.05) is 24.3 Å². The Hall–Kier alpha value is -2.40. The Kier molecular flexibility index (Phi) is 15.2. The minimum Gasteiger partial charge on any atom is -0.478 e. The van der Waals surface area contributed by atoms with Gasteiger partial charge in [-0.05, 0) is 118 Å². The molecule has 0 aliphatic carbocycles. The molecule has 0 radical (unpaired) electrons. The van der Waals surface area contributed by atoms with Crippen LogP contribution in [-0.2, 0) is 54.2 Å². The Morgan fingerprint density at radius 3 is 1.06 bits per heavy atom. The predicted molar refractivity (Wildman–Crippen MR) is 179 cm³/mol. The third-order valence-corrected chi connectivity index (χ3v) is 8.87. The van der Waals surface area contributed by atoms with Crippen molar-refractivity contribution in [3.63, 3.8) is 0 Å². The smallest absolute Gasteiger partial charge is 0.476 e. The molecule has 1 N–H and O–H groups in total. The van der Waals surface area contributed by atoms with Crippen molar-refractivity contribution in [2.45, 2.75) is 119 Å². The zero-order valence-electron chi connectivity index (χ0n) is 29.9. The number of carbonyl (C=O) groups is 2. The molecule has 0 aliphatic heterocycles. The van der Waals surface area contributed by atoms with Crippen LogP contribution in [0.5, 0.6) is 0 Å². The van der Waals surface area contributed by atoms with Crippen LogP contribution >= 0.6 is 15.6 Å². The van der Waals surface area contributed by atoms with E-state index in [0.29, 0.717) is 11.1 Å². The zero-order chi connectivity index (χ0) is 36.5. The molecule has 2 aromatic rings. The van der Waals surface area contributed by atoms with Crippen LogP contribution < -0.4 is 0 Å². The van der Waals surface area contributed by atoms with Crippen molar-refractivity contribution < 1.29 is 55.7 Å². The van der Waals surface area contributed by atoms with Gasteiger partial charge in [0.15, 0.2) is 0 Å². The van der Waals surface area contributed by atoms with Crippen LogP contribution in [0.1, 0.15) is 115 Å². The summed E-state index contributed by atoms with van der Waals surface area (Å²) in [5, 5.41) is 8.87. The van der Waals surface area contributed by atoms with E-state index in [9.17, 15) is 18.7 Å². The number of rotatable bonds is 12. The van der Waals surface area contributed by atoms with E-state index in [1.54, 1.807) is 119 Å². The third kappa shape index (κ3) is 18.7. The molecule has 0 atom stereocenters. The normalized spacial score (nSPS) is 13.0. The molecule has 0 fully saturated rings. The molecule has 0 heterocycles. The maximum absolute atomic E-state index is 12.9. The highest BCUT2D eigenvalue weighted by Gasteiger charge is 2.38. The first-order valence-electron chi connectivity index (χ1n) is 14.9. The number of benzene rings is 2. The van der Waals surface area contributed by atoms with E-state index in [1.807, 2.05) is 0 Å². The van der Waals surface area contributed by atoms with Crippen LogP contribution in [0.15, 0.2) is 48.5 Å². The van der Waals surface area contributed by atoms with Crippen molar-refractivity contribution >= 4 is 27.6 Å². The van der Waals surface area contributed by atoms with Crippen LogP contribution in [0, 0.1) is 0 Å². The van der Waals surface area contributed by atoms with Gasteiger partial charge >= 0.3 is 27.6 Å². The fourth-order valence-electron chi connectivity index (χ4n) is 3.39. The van der Waals surface area contributed by atoms with Crippen molar-refractivity contribution in [2.75, 3.05) is 7.11 Å². The van der Waals surface area contributed by atoms with Gasteiger partial charge in [-0.15, -0.1) is 0 Å². The number of aromatic carboxylic acids is 1. The average molecular weight is 703 g/mol. The van der Waals surface area contributed by atoms with Gasteiger partial charge in [0.25, 0.3) is 0 Å². The number of methoxy groups -OCH3 is 1. The summed E-state index contributed by atoms with van der Waals surface area (Å²) < 4.78 is 63.4. The van der Waals surface area contributed by atoms with Gasteiger partial charge in [0.2, 0.25) is 0 Å². The zero-order valence-corrected chi connectivity index (χ0v) is 31.7. The Balaban J connectivity index is 0.000000470. The quantitative estimate of drug-likeness (QED) is 0.166. The number of hydrogen-bond acceptors (Lipinski definition) is 11. The minimum atomic E-state index is -3.78. The number of carbonyl (C=O) groups excluding carboxylic acids is 1. The lowest BCUT2D eigenvalue weighted by Crippen LogP contribution is -2.24. The van der Waals surface area contributed by atoms with Gasteiger partial charge in [-0.25, -0.2) is 18.7 Å². The SMILES string of the molecule is CC(C)(C)OP(=O)(OCc1ccc(C(=O)O)cc1)OC(C)(C)C.COC(=O)c1ccc(COP(=O)(OC(C)(C)C)OC(C)(C)C)cc1. The lowest BCUT2D eigenvalue weighted by molar-refractivity contribution is -0.000864. The second kappa shape index (κ2) is 16.8. The summed E-state index contributed by atoms with van der Waals surface area (Å²) in [6.07, 6.45) is 0. The fraction of sp³-hybridized carbons (Fsp3) is 0.576. The van der Waals surface area contributed by atoms with E-state index in [1.165, 1.54) is 19.2 Å². The van der Waals surface area contributed by atoms with E-state index in [4.69, 9.17) is 32.2 Å². The maximum Gasteiger partial charge on any atom is 0.476 e. The van der Waals surface area contributed by atoms with Crippen molar-refractivity contribution in [1.82, 2.24) is 0 Å². The number of esters is 1. The van der Waals surface area contributed by atoms with Crippen LogP contribution in [-0.4, -0.2) is 46.6 Å². The molecule has 14 heteroatoms. The number of phosphoric acid groups is 2. The van der Waals surface area contributed by atoms with E-state index >= 15 is 0 Å². The third-order valence-electron chi connectivity index (χ3n) is 4.90. The lowest BCUT2D eigenvalue weighted by atomic mass is 10.1. The lowest BCUT2D eigenvalue weighted by Gasteiger charge is -2.31. The van der Waals surface area contributed by atoms with Crippen molar-refractivity contribution in [3.8, 4) is 0 Å². The van der Waals surface area contributed by atoms with E-state index in [-0.39, 0.29) is 18.8 Å². The van der Waals surface area contributed by atoms with Crippen LogP contribution in [0.3, 0.4) is 0 Å². The Bertz CT molecular complexity index is 1350. The second-order valence-corrected chi connectivity index (χ2v) is 17.5. The summed E-state index contributed by atoms with van der Waals surface area (Å²) in [6.45, 7) is 21.3. The minimum absolute atomic E-state index is 0.0106. The number of ether oxygens (including phenoxy) is 1. The topological polar surface area (TPSA) is 153 Å². The molecule has 0 spiro atoms. The van der Waals surface area contributed by atoms with Gasteiger partial charge in [0.05, 0.1) is 53.9 Å². The van der Waals surface area contributed by atoms with Crippen LogP contribution in [0.25, 0.3) is 0 Å². The second-order valence-electron chi connectivity index (χ2n) is 14.4. The molecule has 0 saturated heterocycles. The van der Waals surface area contributed by atoms with E-state index in [0.717, 1.165) is 5.56 Å². The highest BCUT2D eigenvalue weighted by molar-refractivity contribution is 7.48. The summed E-state index contributed by atoms with van der Waals surface area (Å²) in [5.41, 5.74) is -0.759. The van der Waals surface area contributed by atoms with Gasteiger partial charge in [-0.2, -0.15) is 0 Å². The van der Waals surface area contributed by atoms with Gasteiger partial charge < -0.3 is 9.84 Å². The molecule has 0 saturated carbocycles. The summed E-state index contributed by atoms with van der Waals surface area (Å²) >= 11 is 0. The van der Waals surface area contributed by atoms with Crippen molar-refractivity contribution in [2.24, 2.45) is 0 Å². The van der Waals surface area contributed by atoms with Crippen molar-refractivity contribution in [3.05, 3.63) is 70.8 Å². The molecule has 0 amide bonds. The maximum atomic E-state index is 12.9. The van der Waals surface area contributed by atoms with Gasteiger partial charge in [0, 0.05) is 0 Å². The largest absolute Gasteiger partial charge is 0.478 e. The predicted octanol–water partition coefficient (Wildman–Crippen LogP) is 9.37. The van der Waals surface area contributed by atoms with Crippen LogP contribution in [0.2, 0.25) is 0 Å². The number of phosphoric ester groups is 2.